The van der Waals surface area contributed by atoms with Crippen LogP contribution >= 0.6 is 15.9 Å². The Balaban J connectivity index is 1.39. The number of carbonyl (C=O) groups excluding carboxylic acids is 3. The zero-order chi connectivity index (χ0) is 28.5. The molecule has 0 spiro atoms. The molecule has 4 rings (SSSR count). The van der Waals surface area contributed by atoms with E-state index in [0.29, 0.717) is 40.3 Å². The third kappa shape index (κ3) is 7.64. The van der Waals surface area contributed by atoms with Crippen molar-refractivity contribution in [2.45, 2.75) is 13.8 Å². The SMILES string of the molecule is CCOc1cc(C=NNC(=O)c2cccc(NC(=O)c3cccc(C)c3)c2)ccc1OC(=O)c1ccc(Br)cc1. The number of ether oxygens (including phenoxy) is 2. The molecule has 0 saturated carbocycles. The van der Waals surface area contributed by atoms with Crippen molar-refractivity contribution in [2.75, 3.05) is 11.9 Å². The van der Waals surface area contributed by atoms with Gasteiger partial charge in [-0.1, -0.05) is 39.7 Å². The lowest BCUT2D eigenvalue weighted by atomic mass is 10.1. The predicted octanol–water partition coefficient (Wildman–Crippen LogP) is 6.39. The maximum Gasteiger partial charge on any atom is 0.343 e. The van der Waals surface area contributed by atoms with Gasteiger partial charge in [-0.15, -0.1) is 0 Å². The van der Waals surface area contributed by atoms with Crippen molar-refractivity contribution < 1.29 is 23.9 Å². The number of benzene rings is 4. The van der Waals surface area contributed by atoms with E-state index in [2.05, 4.69) is 31.8 Å². The van der Waals surface area contributed by atoms with Crippen molar-refractivity contribution in [2.24, 2.45) is 5.10 Å². The number of anilines is 1. The number of esters is 1. The van der Waals surface area contributed by atoms with Gasteiger partial charge in [0, 0.05) is 21.3 Å². The Hall–Kier alpha value is -4.76. The minimum Gasteiger partial charge on any atom is -0.490 e. The zero-order valence-electron chi connectivity index (χ0n) is 21.8. The molecule has 0 unspecified atom stereocenters. The molecule has 0 aliphatic rings. The first kappa shape index (κ1) is 28.3. The number of halogens is 1. The molecule has 0 aliphatic heterocycles. The fraction of sp³-hybridized carbons (Fsp3) is 0.0968. The molecule has 4 aromatic carbocycles. The third-order valence-electron chi connectivity index (χ3n) is 5.59. The molecule has 0 atom stereocenters. The first-order chi connectivity index (χ1) is 19.3. The topological polar surface area (TPSA) is 106 Å². The number of nitrogens with one attached hydrogen (secondary N) is 2. The lowest BCUT2D eigenvalue weighted by Crippen LogP contribution is -2.18. The summed E-state index contributed by atoms with van der Waals surface area (Å²) < 4.78 is 12.0. The van der Waals surface area contributed by atoms with Crippen LogP contribution in [0.2, 0.25) is 0 Å². The molecular formula is C31H26BrN3O5. The van der Waals surface area contributed by atoms with Crippen LogP contribution in [0.25, 0.3) is 0 Å². The van der Waals surface area contributed by atoms with Gasteiger partial charge in [-0.05, 0) is 92.2 Å². The summed E-state index contributed by atoms with van der Waals surface area (Å²) in [5.74, 6) is -0.608. The summed E-state index contributed by atoms with van der Waals surface area (Å²) in [5, 5.41) is 6.84. The van der Waals surface area contributed by atoms with E-state index in [-0.39, 0.29) is 11.7 Å². The molecule has 8 nitrogen and oxygen atoms in total. The average Bonchev–Trinajstić information content (AvgIpc) is 2.95. The van der Waals surface area contributed by atoms with E-state index < -0.39 is 11.9 Å². The summed E-state index contributed by atoms with van der Waals surface area (Å²) in [4.78, 5) is 37.7. The highest BCUT2D eigenvalue weighted by atomic mass is 79.9. The molecule has 0 fully saturated rings. The Bertz CT molecular complexity index is 1570. The Morgan fingerprint density at radius 3 is 2.27 bits per heavy atom. The molecule has 202 valence electrons. The quantitative estimate of drug-likeness (QED) is 0.100. The first-order valence-electron chi connectivity index (χ1n) is 12.4. The van der Waals surface area contributed by atoms with Gasteiger partial charge in [0.05, 0.1) is 18.4 Å². The maximum absolute atomic E-state index is 12.7. The van der Waals surface area contributed by atoms with Gasteiger partial charge in [0.25, 0.3) is 11.8 Å². The Labute approximate surface area is 240 Å². The van der Waals surface area contributed by atoms with E-state index >= 15 is 0 Å². The van der Waals surface area contributed by atoms with Crippen LogP contribution in [-0.4, -0.2) is 30.6 Å². The molecule has 4 aromatic rings. The lowest BCUT2D eigenvalue weighted by Gasteiger charge is -2.11. The van der Waals surface area contributed by atoms with Crippen LogP contribution in [-0.2, 0) is 0 Å². The molecule has 0 heterocycles. The number of carbonyl (C=O) groups is 3. The molecule has 2 N–H and O–H groups in total. The summed E-state index contributed by atoms with van der Waals surface area (Å²) in [5.41, 5.74) is 5.81. The van der Waals surface area contributed by atoms with Crippen LogP contribution in [0.1, 0.15) is 49.1 Å². The number of rotatable bonds is 9. The molecule has 0 aliphatic carbocycles. The monoisotopic (exact) mass is 599 g/mol. The average molecular weight is 600 g/mol. The third-order valence-corrected chi connectivity index (χ3v) is 6.12. The van der Waals surface area contributed by atoms with Crippen LogP contribution in [0, 0.1) is 6.92 Å². The minimum absolute atomic E-state index is 0.264. The Morgan fingerprint density at radius 2 is 1.55 bits per heavy atom. The van der Waals surface area contributed by atoms with Crippen molar-refractivity contribution in [1.29, 1.82) is 0 Å². The van der Waals surface area contributed by atoms with Crippen LogP contribution < -0.4 is 20.2 Å². The largest absolute Gasteiger partial charge is 0.490 e. The minimum atomic E-state index is -0.514. The summed E-state index contributed by atoms with van der Waals surface area (Å²) in [6.07, 6.45) is 1.45. The van der Waals surface area contributed by atoms with Crippen molar-refractivity contribution in [3.8, 4) is 11.5 Å². The van der Waals surface area contributed by atoms with E-state index in [1.54, 1.807) is 78.9 Å². The second-order valence-electron chi connectivity index (χ2n) is 8.64. The molecule has 0 aromatic heterocycles. The van der Waals surface area contributed by atoms with Gasteiger partial charge in [-0.2, -0.15) is 5.10 Å². The molecular weight excluding hydrogens is 574 g/mol. The summed E-state index contributed by atoms with van der Waals surface area (Å²) in [6.45, 7) is 4.09. The fourth-order valence-corrected chi connectivity index (χ4v) is 3.92. The van der Waals surface area contributed by atoms with Crippen LogP contribution in [0.4, 0.5) is 5.69 Å². The predicted molar refractivity (Wildman–Crippen MR) is 157 cm³/mol. The highest BCUT2D eigenvalue weighted by Gasteiger charge is 2.14. The second kappa shape index (κ2) is 13.3. The highest BCUT2D eigenvalue weighted by Crippen LogP contribution is 2.29. The van der Waals surface area contributed by atoms with Gasteiger partial charge in [-0.25, -0.2) is 10.2 Å². The van der Waals surface area contributed by atoms with Crippen molar-refractivity contribution in [1.82, 2.24) is 5.43 Å². The molecule has 0 saturated heterocycles. The van der Waals surface area contributed by atoms with Gasteiger partial charge in [0.15, 0.2) is 11.5 Å². The van der Waals surface area contributed by atoms with Crippen LogP contribution in [0.15, 0.2) is 101 Å². The molecule has 9 heteroatoms. The Kier molecular flexibility index (Phi) is 9.43. The second-order valence-corrected chi connectivity index (χ2v) is 9.55. The first-order valence-corrected chi connectivity index (χ1v) is 13.2. The van der Waals surface area contributed by atoms with E-state index in [9.17, 15) is 14.4 Å². The van der Waals surface area contributed by atoms with Gasteiger partial charge in [0.2, 0.25) is 0 Å². The number of hydrazone groups is 1. The molecule has 2 amide bonds. The van der Waals surface area contributed by atoms with Gasteiger partial charge < -0.3 is 14.8 Å². The summed E-state index contributed by atoms with van der Waals surface area (Å²) in [6, 6.07) is 25.6. The molecule has 0 radical (unpaired) electrons. The standard InChI is InChI=1S/C31H26BrN3O5/c1-3-39-28-17-21(10-15-27(28)40-31(38)22-11-13-25(32)14-12-22)19-33-35-30(37)24-8-5-9-26(18-24)34-29(36)23-7-4-6-20(2)16-23/h4-19H,3H2,1-2H3,(H,34,36)(H,35,37). The smallest absolute Gasteiger partial charge is 0.343 e. The number of aryl methyl sites for hydroxylation is 1. The zero-order valence-corrected chi connectivity index (χ0v) is 23.4. The Morgan fingerprint density at radius 1 is 0.825 bits per heavy atom. The van der Waals surface area contributed by atoms with Crippen LogP contribution in [0.5, 0.6) is 11.5 Å². The number of hydrogen-bond acceptors (Lipinski definition) is 6. The van der Waals surface area contributed by atoms with E-state index in [1.807, 2.05) is 26.0 Å². The highest BCUT2D eigenvalue weighted by molar-refractivity contribution is 9.10. The fourth-order valence-electron chi connectivity index (χ4n) is 3.66. The number of nitrogens with zero attached hydrogens (tertiary/aromatic N) is 1. The van der Waals surface area contributed by atoms with Crippen molar-refractivity contribution >= 4 is 45.6 Å². The summed E-state index contributed by atoms with van der Waals surface area (Å²) >= 11 is 3.34. The molecule has 0 bridgehead atoms. The maximum atomic E-state index is 12.7. The van der Waals surface area contributed by atoms with E-state index in [1.165, 1.54) is 6.21 Å². The lowest BCUT2D eigenvalue weighted by molar-refractivity contribution is 0.0728. The van der Waals surface area contributed by atoms with E-state index in [0.717, 1.165) is 10.0 Å². The normalized spacial score (nSPS) is 10.7. The van der Waals surface area contributed by atoms with Crippen molar-refractivity contribution in [3.63, 3.8) is 0 Å². The number of amides is 2. The van der Waals surface area contributed by atoms with Gasteiger partial charge in [-0.3, -0.25) is 9.59 Å². The van der Waals surface area contributed by atoms with Crippen molar-refractivity contribution in [3.05, 3.63) is 123 Å². The van der Waals surface area contributed by atoms with Gasteiger partial charge >= 0.3 is 5.97 Å². The summed E-state index contributed by atoms with van der Waals surface area (Å²) in [7, 11) is 0. The molecule has 40 heavy (non-hydrogen) atoms. The van der Waals surface area contributed by atoms with E-state index in [4.69, 9.17) is 9.47 Å². The van der Waals surface area contributed by atoms with Crippen LogP contribution in [0.3, 0.4) is 0 Å². The number of hydrogen-bond donors (Lipinski definition) is 2. The van der Waals surface area contributed by atoms with Gasteiger partial charge in [0.1, 0.15) is 0 Å².